The molecule has 0 saturated carbocycles. The average molecular weight is 309 g/mol. The van der Waals surface area contributed by atoms with Gasteiger partial charge in [0.15, 0.2) is 0 Å². The third-order valence-corrected chi connectivity index (χ3v) is 2.54. The molecule has 1 aromatic carbocycles. The summed E-state index contributed by atoms with van der Waals surface area (Å²) in [5, 5.41) is 3.69. The van der Waals surface area contributed by atoms with Crippen molar-refractivity contribution in [3.8, 4) is 0 Å². The highest BCUT2D eigenvalue weighted by molar-refractivity contribution is 6.36. The van der Waals surface area contributed by atoms with Crippen LogP contribution in [0.15, 0.2) is 23.3 Å². The highest BCUT2D eigenvalue weighted by Gasteiger charge is 2.30. The molecule has 4 nitrogen and oxygen atoms in total. The predicted octanol–water partition coefficient (Wildman–Crippen LogP) is 3.71. The maximum absolute atomic E-state index is 12.5. The molecule has 0 unspecified atom stereocenters. The summed E-state index contributed by atoms with van der Waals surface area (Å²) in [7, 11) is 0. The SMILES string of the molecule is CCOC(=O)/C(C)=N\Nc1cc(C(F)(F)F)ccc1Cl. The van der Waals surface area contributed by atoms with Gasteiger partial charge in [0.1, 0.15) is 5.71 Å². The number of benzene rings is 1. The van der Waals surface area contributed by atoms with E-state index in [1.807, 2.05) is 0 Å². The molecule has 0 aromatic heterocycles. The zero-order chi connectivity index (χ0) is 15.3. The number of nitrogens with zero attached hydrogens (tertiary/aromatic N) is 1. The number of nitrogens with one attached hydrogen (secondary N) is 1. The first-order chi connectivity index (χ1) is 9.25. The third-order valence-electron chi connectivity index (χ3n) is 2.21. The Hall–Kier alpha value is -1.76. The van der Waals surface area contributed by atoms with Crippen LogP contribution >= 0.6 is 11.6 Å². The van der Waals surface area contributed by atoms with Crippen LogP contribution in [-0.2, 0) is 15.7 Å². The van der Waals surface area contributed by atoms with Gasteiger partial charge in [0.25, 0.3) is 0 Å². The lowest BCUT2D eigenvalue weighted by Crippen LogP contribution is -2.15. The van der Waals surface area contributed by atoms with Crippen LogP contribution in [0.4, 0.5) is 18.9 Å². The second kappa shape index (κ2) is 6.60. The Kier molecular flexibility index (Phi) is 5.38. The average Bonchev–Trinajstić information content (AvgIpc) is 2.36. The first-order valence-electron chi connectivity index (χ1n) is 5.60. The molecular formula is C12H12ClF3N2O2. The quantitative estimate of drug-likeness (QED) is 0.524. The van der Waals surface area contributed by atoms with Gasteiger partial charge in [-0.25, -0.2) is 4.79 Å². The summed E-state index contributed by atoms with van der Waals surface area (Å²) < 4.78 is 42.3. The monoisotopic (exact) mass is 308 g/mol. The normalized spacial score (nSPS) is 12.2. The number of hydrogen-bond acceptors (Lipinski definition) is 4. The van der Waals surface area contributed by atoms with Crippen molar-refractivity contribution in [3.05, 3.63) is 28.8 Å². The van der Waals surface area contributed by atoms with Crippen LogP contribution in [0.2, 0.25) is 5.02 Å². The Morgan fingerprint density at radius 3 is 2.65 bits per heavy atom. The molecule has 0 aliphatic carbocycles. The van der Waals surface area contributed by atoms with Gasteiger partial charge in [-0.3, -0.25) is 5.43 Å². The summed E-state index contributed by atoms with van der Waals surface area (Å²) in [6.07, 6.45) is -4.49. The van der Waals surface area contributed by atoms with Gasteiger partial charge in [-0.2, -0.15) is 18.3 Å². The second-order valence-electron chi connectivity index (χ2n) is 3.72. The van der Waals surface area contributed by atoms with Gasteiger partial charge < -0.3 is 4.74 Å². The Balaban J connectivity index is 2.92. The van der Waals surface area contributed by atoms with Crippen molar-refractivity contribution in [1.82, 2.24) is 0 Å². The van der Waals surface area contributed by atoms with Crippen molar-refractivity contribution in [2.75, 3.05) is 12.0 Å². The van der Waals surface area contributed by atoms with Crippen molar-refractivity contribution in [2.24, 2.45) is 5.10 Å². The molecule has 0 saturated heterocycles. The molecule has 1 N–H and O–H groups in total. The highest BCUT2D eigenvalue weighted by Crippen LogP contribution is 2.33. The standard InChI is InChI=1S/C12H12ClF3N2O2/c1-3-20-11(19)7(2)17-18-10-6-8(12(14,15)16)4-5-9(10)13/h4-6,18H,3H2,1-2H3/b17-7-. The minimum absolute atomic E-state index is 0.0275. The van der Waals surface area contributed by atoms with Gasteiger partial charge in [-0.15, -0.1) is 0 Å². The number of carbonyl (C=O) groups is 1. The summed E-state index contributed by atoms with van der Waals surface area (Å²) in [6, 6.07) is 2.77. The topological polar surface area (TPSA) is 50.7 Å². The van der Waals surface area contributed by atoms with Crippen molar-refractivity contribution >= 4 is 29.0 Å². The van der Waals surface area contributed by atoms with Crippen LogP contribution in [0, 0.1) is 0 Å². The zero-order valence-electron chi connectivity index (χ0n) is 10.7. The van der Waals surface area contributed by atoms with Gasteiger partial charge in [0.2, 0.25) is 0 Å². The van der Waals surface area contributed by atoms with Gasteiger partial charge in [-0.05, 0) is 32.0 Å². The number of carbonyl (C=O) groups excluding carboxylic acids is 1. The summed E-state index contributed by atoms with van der Waals surface area (Å²) in [6.45, 7) is 3.17. The minimum atomic E-state index is -4.49. The van der Waals surface area contributed by atoms with Crippen molar-refractivity contribution in [3.63, 3.8) is 0 Å². The summed E-state index contributed by atoms with van der Waals surface area (Å²) >= 11 is 5.76. The molecule has 110 valence electrons. The zero-order valence-corrected chi connectivity index (χ0v) is 11.5. The molecule has 0 aliphatic heterocycles. The van der Waals surface area contributed by atoms with Crippen LogP contribution in [-0.4, -0.2) is 18.3 Å². The number of rotatable bonds is 4. The lowest BCUT2D eigenvalue weighted by Gasteiger charge is -2.10. The van der Waals surface area contributed by atoms with E-state index in [4.69, 9.17) is 11.6 Å². The number of halogens is 4. The maximum Gasteiger partial charge on any atom is 0.416 e. The van der Waals surface area contributed by atoms with E-state index in [0.717, 1.165) is 18.2 Å². The van der Waals surface area contributed by atoms with E-state index < -0.39 is 17.7 Å². The van der Waals surface area contributed by atoms with Crippen molar-refractivity contribution in [2.45, 2.75) is 20.0 Å². The summed E-state index contributed by atoms with van der Waals surface area (Å²) in [4.78, 5) is 11.3. The smallest absolute Gasteiger partial charge is 0.416 e. The molecule has 0 radical (unpaired) electrons. The van der Waals surface area contributed by atoms with Crippen LogP contribution < -0.4 is 5.43 Å². The van der Waals surface area contributed by atoms with Gasteiger partial charge in [0, 0.05) is 0 Å². The molecule has 0 fully saturated rings. The highest BCUT2D eigenvalue weighted by atomic mass is 35.5. The summed E-state index contributed by atoms with van der Waals surface area (Å²) in [5.41, 5.74) is 1.37. The Labute approximate surface area is 118 Å². The molecule has 0 atom stereocenters. The fourth-order valence-corrected chi connectivity index (χ4v) is 1.37. The second-order valence-corrected chi connectivity index (χ2v) is 4.13. The molecule has 0 spiro atoms. The van der Waals surface area contributed by atoms with Gasteiger partial charge in [-0.1, -0.05) is 11.6 Å². The number of hydrogen-bond donors (Lipinski definition) is 1. The number of hydrazone groups is 1. The molecular weight excluding hydrogens is 297 g/mol. The molecule has 0 amide bonds. The number of anilines is 1. The lowest BCUT2D eigenvalue weighted by molar-refractivity contribution is -0.137. The minimum Gasteiger partial charge on any atom is -0.461 e. The van der Waals surface area contributed by atoms with Crippen LogP contribution in [0.25, 0.3) is 0 Å². The number of alkyl halides is 3. The van der Waals surface area contributed by atoms with E-state index in [1.54, 1.807) is 6.92 Å². The summed E-state index contributed by atoms with van der Waals surface area (Å²) in [5.74, 6) is -0.664. The largest absolute Gasteiger partial charge is 0.461 e. The Morgan fingerprint density at radius 2 is 2.10 bits per heavy atom. The number of ether oxygens (including phenoxy) is 1. The maximum atomic E-state index is 12.5. The fraction of sp³-hybridized carbons (Fsp3) is 0.333. The first-order valence-corrected chi connectivity index (χ1v) is 5.97. The van der Waals surface area contributed by atoms with E-state index in [0.29, 0.717) is 0 Å². The third kappa shape index (κ3) is 4.41. The van der Waals surface area contributed by atoms with Crippen molar-refractivity contribution < 1.29 is 22.7 Å². The molecule has 1 aromatic rings. The molecule has 0 aliphatic rings. The van der Waals surface area contributed by atoms with Crippen LogP contribution in [0.5, 0.6) is 0 Å². The number of esters is 1. The Morgan fingerprint density at radius 1 is 1.45 bits per heavy atom. The van der Waals surface area contributed by atoms with Crippen molar-refractivity contribution in [1.29, 1.82) is 0 Å². The van der Waals surface area contributed by atoms with E-state index in [-0.39, 0.29) is 23.0 Å². The van der Waals surface area contributed by atoms with E-state index in [9.17, 15) is 18.0 Å². The molecule has 0 bridgehead atoms. The van der Waals surface area contributed by atoms with E-state index in [1.165, 1.54) is 6.92 Å². The predicted molar refractivity (Wildman–Crippen MR) is 69.8 cm³/mol. The van der Waals surface area contributed by atoms with Crippen LogP contribution in [0.1, 0.15) is 19.4 Å². The van der Waals surface area contributed by atoms with E-state index >= 15 is 0 Å². The van der Waals surface area contributed by atoms with Crippen LogP contribution in [0.3, 0.4) is 0 Å². The molecule has 8 heteroatoms. The van der Waals surface area contributed by atoms with E-state index in [2.05, 4.69) is 15.3 Å². The first kappa shape index (κ1) is 16.3. The van der Waals surface area contributed by atoms with Gasteiger partial charge >= 0.3 is 12.1 Å². The molecule has 20 heavy (non-hydrogen) atoms. The lowest BCUT2D eigenvalue weighted by atomic mass is 10.2. The molecule has 0 heterocycles. The fourth-order valence-electron chi connectivity index (χ4n) is 1.21. The van der Waals surface area contributed by atoms with Gasteiger partial charge in [0.05, 0.1) is 22.9 Å². The molecule has 1 rings (SSSR count). The Bertz CT molecular complexity index is 530.